The molecule has 23 heavy (non-hydrogen) atoms. The fraction of sp³-hybridized carbons (Fsp3) is 0.278. The van der Waals surface area contributed by atoms with Crippen LogP contribution < -0.4 is 9.47 Å². The van der Waals surface area contributed by atoms with Crippen LogP contribution in [0.1, 0.15) is 11.1 Å². The van der Waals surface area contributed by atoms with Gasteiger partial charge < -0.3 is 14.6 Å². The monoisotopic (exact) mass is 315 g/mol. The van der Waals surface area contributed by atoms with Crippen molar-refractivity contribution in [3.63, 3.8) is 0 Å². The second kappa shape index (κ2) is 8.16. The molecule has 0 saturated heterocycles. The van der Waals surface area contributed by atoms with E-state index in [0.717, 1.165) is 5.56 Å². The number of aliphatic hydroxyl groups is 1. The maximum atomic E-state index is 13.1. The molecule has 5 heteroatoms. The summed E-state index contributed by atoms with van der Waals surface area (Å²) in [5.41, 5.74) is 1.40. The third-order valence-electron chi connectivity index (χ3n) is 3.22. The summed E-state index contributed by atoms with van der Waals surface area (Å²) in [6.45, 7) is 1.78. The zero-order valence-electron chi connectivity index (χ0n) is 12.8. The number of hydrogen-bond acceptors (Lipinski definition) is 4. The van der Waals surface area contributed by atoms with Crippen LogP contribution in [-0.2, 0) is 6.42 Å². The van der Waals surface area contributed by atoms with Crippen molar-refractivity contribution < 1.29 is 19.0 Å². The van der Waals surface area contributed by atoms with E-state index in [-0.39, 0.29) is 19.0 Å². The van der Waals surface area contributed by atoms with E-state index >= 15 is 0 Å². The molecule has 1 N–H and O–H groups in total. The maximum Gasteiger partial charge on any atom is 0.126 e. The van der Waals surface area contributed by atoms with Gasteiger partial charge in [-0.3, -0.25) is 0 Å². The van der Waals surface area contributed by atoms with Crippen molar-refractivity contribution >= 4 is 0 Å². The number of aliphatic hydroxyl groups excluding tert-OH is 1. The Labute approximate surface area is 134 Å². The summed E-state index contributed by atoms with van der Waals surface area (Å²) in [5, 5.41) is 18.5. The molecule has 0 saturated carbocycles. The van der Waals surface area contributed by atoms with Gasteiger partial charge in [0.2, 0.25) is 0 Å². The van der Waals surface area contributed by atoms with E-state index in [1.165, 1.54) is 12.1 Å². The Morgan fingerprint density at radius 3 is 2.30 bits per heavy atom. The van der Waals surface area contributed by atoms with Crippen LogP contribution in [0.5, 0.6) is 11.5 Å². The van der Waals surface area contributed by atoms with Crippen molar-refractivity contribution in [1.82, 2.24) is 0 Å². The summed E-state index contributed by atoms with van der Waals surface area (Å²) in [6, 6.07) is 13.6. The molecule has 0 aromatic heterocycles. The Kier molecular flexibility index (Phi) is 5.95. The molecular weight excluding hydrogens is 297 g/mol. The third kappa shape index (κ3) is 5.28. The van der Waals surface area contributed by atoms with Gasteiger partial charge in [0.15, 0.2) is 0 Å². The number of rotatable bonds is 7. The lowest BCUT2D eigenvalue weighted by molar-refractivity contribution is 0.0626. The number of nitriles is 1. The lowest BCUT2D eigenvalue weighted by Gasteiger charge is -2.14. The van der Waals surface area contributed by atoms with Crippen LogP contribution >= 0.6 is 0 Å². The first-order valence-corrected chi connectivity index (χ1v) is 7.24. The van der Waals surface area contributed by atoms with Crippen LogP contribution in [0.25, 0.3) is 0 Å². The molecule has 1 atom stereocenters. The molecule has 1 unspecified atom stereocenters. The largest absolute Gasteiger partial charge is 0.491 e. The first kappa shape index (κ1) is 16.8. The Morgan fingerprint density at radius 1 is 1.09 bits per heavy atom. The first-order chi connectivity index (χ1) is 11.1. The number of ether oxygens (including phenoxy) is 2. The topological polar surface area (TPSA) is 62.5 Å². The lowest BCUT2D eigenvalue weighted by atomic mass is 10.2. The van der Waals surface area contributed by atoms with Gasteiger partial charge >= 0.3 is 0 Å². The molecule has 120 valence electrons. The van der Waals surface area contributed by atoms with Gasteiger partial charge in [0.25, 0.3) is 0 Å². The minimum absolute atomic E-state index is 0.0532. The second-order valence-electron chi connectivity index (χ2n) is 5.17. The highest BCUT2D eigenvalue weighted by Gasteiger charge is 2.08. The van der Waals surface area contributed by atoms with Crippen molar-refractivity contribution in [2.24, 2.45) is 0 Å². The van der Waals surface area contributed by atoms with Crippen LogP contribution in [-0.4, -0.2) is 24.4 Å². The van der Waals surface area contributed by atoms with E-state index in [2.05, 4.69) is 6.07 Å². The van der Waals surface area contributed by atoms with Gasteiger partial charge in [-0.25, -0.2) is 4.39 Å². The maximum absolute atomic E-state index is 13.1. The predicted molar refractivity (Wildman–Crippen MR) is 83.9 cm³/mol. The van der Waals surface area contributed by atoms with Gasteiger partial charge in [-0.2, -0.15) is 5.26 Å². The number of aryl methyl sites for hydroxylation is 1. The fourth-order valence-electron chi connectivity index (χ4n) is 1.93. The molecule has 0 amide bonds. The molecule has 4 nitrogen and oxygen atoms in total. The van der Waals surface area contributed by atoms with E-state index in [4.69, 9.17) is 14.7 Å². The molecule has 0 aliphatic rings. The highest BCUT2D eigenvalue weighted by Crippen LogP contribution is 2.16. The average Bonchev–Trinajstić information content (AvgIpc) is 2.55. The van der Waals surface area contributed by atoms with Crippen molar-refractivity contribution in [2.45, 2.75) is 19.4 Å². The van der Waals surface area contributed by atoms with Gasteiger partial charge in [0.05, 0.1) is 12.5 Å². The molecule has 2 aromatic rings. The smallest absolute Gasteiger partial charge is 0.126 e. The lowest BCUT2D eigenvalue weighted by Crippen LogP contribution is -2.25. The zero-order valence-corrected chi connectivity index (χ0v) is 12.8. The Balaban J connectivity index is 1.77. The highest BCUT2D eigenvalue weighted by atomic mass is 19.1. The molecule has 0 aliphatic carbocycles. The summed E-state index contributed by atoms with van der Waals surface area (Å²) in [5.74, 6) is 0.827. The fourth-order valence-corrected chi connectivity index (χ4v) is 1.93. The number of halogens is 1. The van der Waals surface area contributed by atoms with Crippen molar-refractivity contribution in [1.29, 1.82) is 5.26 Å². The van der Waals surface area contributed by atoms with E-state index < -0.39 is 6.10 Å². The third-order valence-corrected chi connectivity index (χ3v) is 3.22. The van der Waals surface area contributed by atoms with E-state index in [1.54, 1.807) is 25.1 Å². The Morgan fingerprint density at radius 2 is 1.70 bits per heavy atom. The average molecular weight is 315 g/mol. The second-order valence-corrected chi connectivity index (χ2v) is 5.17. The molecule has 2 aromatic carbocycles. The minimum atomic E-state index is -0.806. The first-order valence-electron chi connectivity index (χ1n) is 7.24. The Bertz CT molecular complexity index is 680. The molecule has 0 radical (unpaired) electrons. The summed E-state index contributed by atoms with van der Waals surface area (Å²) in [7, 11) is 0. The summed E-state index contributed by atoms with van der Waals surface area (Å²) in [6.07, 6.45) is -0.451. The van der Waals surface area contributed by atoms with Crippen LogP contribution in [0.15, 0.2) is 42.5 Å². The molecule has 0 bridgehead atoms. The summed E-state index contributed by atoms with van der Waals surface area (Å²) in [4.78, 5) is 0. The van der Waals surface area contributed by atoms with Crippen LogP contribution in [0, 0.1) is 24.1 Å². The molecule has 0 aliphatic heterocycles. The number of hydrogen-bond donors (Lipinski definition) is 1. The van der Waals surface area contributed by atoms with Crippen molar-refractivity contribution in [3.8, 4) is 17.6 Å². The van der Waals surface area contributed by atoms with Gasteiger partial charge in [0.1, 0.15) is 36.6 Å². The molecule has 2 rings (SSSR count). The minimum Gasteiger partial charge on any atom is -0.491 e. The summed E-state index contributed by atoms with van der Waals surface area (Å²) >= 11 is 0. The Hall–Kier alpha value is -2.58. The van der Waals surface area contributed by atoms with Crippen LogP contribution in [0.3, 0.4) is 0 Å². The van der Waals surface area contributed by atoms with Crippen LogP contribution in [0.4, 0.5) is 4.39 Å². The number of nitrogens with zero attached hydrogens (tertiary/aromatic N) is 1. The molecule has 0 fully saturated rings. The zero-order chi connectivity index (χ0) is 16.7. The highest BCUT2D eigenvalue weighted by molar-refractivity contribution is 5.29. The quantitative estimate of drug-likeness (QED) is 0.853. The van der Waals surface area contributed by atoms with E-state index in [1.807, 2.05) is 12.1 Å². The standard InChI is InChI=1S/C18H18FNO3/c1-13-10-17(6-7-18(13)19)23-12-15(21)11-22-16-4-2-14(3-5-16)8-9-20/h2-7,10,15,21H,8,11-12H2,1H3. The van der Waals surface area contributed by atoms with Crippen LogP contribution in [0.2, 0.25) is 0 Å². The SMILES string of the molecule is Cc1cc(OCC(O)COc2ccc(CC#N)cc2)ccc1F. The van der Waals surface area contributed by atoms with Crippen molar-refractivity contribution in [2.75, 3.05) is 13.2 Å². The molecular formula is C18H18FNO3. The molecule has 0 heterocycles. The van der Waals surface area contributed by atoms with Gasteiger partial charge in [-0.05, 0) is 48.4 Å². The van der Waals surface area contributed by atoms with E-state index in [9.17, 15) is 9.50 Å². The van der Waals surface area contributed by atoms with Crippen molar-refractivity contribution in [3.05, 3.63) is 59.4 Å². The number of benzene rings is 2. The van der Waals surface area contributed by atoms with Gasteiger partial charge in [-0.1, -0.05) is 12.1 Å². The van der Waals surface area contributed by atoms with Gasteiger partial charge in [0, 0.05) is 0 Å². The van der Waals surface area contributed by atoms with Gasteiger partial charge in [-0.15, -0.1) is 0 Å². The summed E-state index contributed by atoms with van der Waals surface area (Å²) < 4.78 is 24.0. The normalized spacial score (nSPS) is 11.6. The predicted octanol–water partition coefficient (Wildman–Crippen LogP) is 3.02. The molecule has 0 spiro atoms. The van der Waals surface area contributed by atoms with E-state index in [0.29, 0.717) is 23.5 Å².